The lowest BCUT2D eigenvalue weighted by Gasteiger charge is -2.24. The van der Waals surface area contributed by atoms with E-state index in [0.29, 0.717) is 13.2 Å². The summed E-state index contributed by atoms with van der Waals surface area (Å²) < 4.78 is 10.4. The highest BCUT2D eigenvalue weighted by Gasteiger charge is 2.31. The van der Waals surface area contributed by atoms with Gasteiger partial charge in [0.2, 0.25) is 0 Å². The molecule has 4 nitrogen and oxygen atoms in total. The number of hydrogen-bond acceptors (Lipinski definition) is 4. The fraction of sp³-hybridized carbons (Fsp3) is 0.571. The third-order valence-corrected chi connectivity index (χ3v) is 3.44. The molecule has 1 aliphatic rings. The Kier molecular flexibility index (Phi) is 4.58. The summed E-state index contributed by atoms with van der Waals surface area (Å²) in [6.45, 7) is 2.24. The summed E-state index contributed by atoms with van der Waals surface area (Å²) in [6, 6.07) is 8.32. The van der Waals surface area contributed by atoms with Crippen molar-refractivity contribution in [1.29, 1.82) is 0 Å². The van der Waals surface area contributed by atoms with Crippen LogP contribution >= 0.6 is 0 Å². The van der Waals surface area contributed by atoms with Gasteiger partial charge in [0, 0.05) is 26.2 Å². The van der Waals surface area contributed by atoms with Crippen molar-refractivity contribution in [3.8, 4) is 5.75 Å². The van der Waals surface area contributed by atoms with E-state index in [0.717, 1.165) is 18.7 Å². The Morgan fingerprint density at radius 3 is 2.94 bits per heavy atom. The first-order valence-electron chi connectivity index (χ1n) is 6.29. The van der Waals surface area contributed by atoms with Crippen LogP contribution in [0, 0.1) is 0 Å². The maximum atomic E-state index is 9.84. The second-order valence-electron chi connectivity index (χ2n) is 4.67. The van der Waals surface area contributed by atoms with Crippen LogP contribution in [0.2, 0.25) is 0 Å². The number of rotatable bonds is 5. The van der Waals surface area contributed by atoms with Crippen LogP contribution < -0.4 is 4.74 Å². The van der Waals surface area contributed by atoms with Crippen LogP contribution in [-0.2, 0) is 4.74 Å². The Bertz CT molecular complexity index is 383. The molecule has 1 N–H and O–H groups in total. The average molecular weight is 251 g/mol. The Morgan fingerprint density at radius 2 is 2.22 bits per heavy atom. The maximum absolute atomic E-state index is 9.84. The van der Waals surface area contributed by atoms with Crippen LogP contribution in [0.15, 0.2) is 24.3 Å². The van der Waals surface area contributed by atoms with Crippen LogP contribution in [0.1, 0.15) is 18.0 Å². The molecular formula is C14H21NO3. The average Bonchev–Trinajstić information content (AvgIpc) is 2.77. The van der Waals surface area contributed by atoms with E-state index in [4.69, 9.17) is 9.47 Å². The molecule has 2 atom stereocenters. The van der Waals surface area contributed by atoms with Gasteiger partial charge in [-0.15, -0.1) is 0 Å². The quantitative estimate of drug-likeness (QED) is 0.860. The molecule has 0 amide bonds. The van der Waals surface area contributed by atoms with E-state index in [1.807, 2.05) is 18.2 Å². The normalized spacial score (nSPS) is 24.4. The minimum atomic E-state index is -0.252. The monoisotopic (exact) mass is 251 g/mol. The minimum Gasteiger partial charge on any atom is -0.497 e. The molecule has 1 aliphatic heterocycles. The lowest BCUT2D eigenvalue weighted by Crippen LogP contribution is -2.28. The summed E-state index contributed by atoms with van der Waals surface area (Å²) in [5, 5.41) is 9.84. The molecule has 2 rings (SSSR count). The fourth-order valence-electron chi connectivity index (χ4n) is 2.53. The Hall–Kier alpha value is -1.10. The van der Waals surface area contributed by atoms with Crippen molar-refractivity contribution >= 4 is 0 Å². The summed E-state index contributed by atoms with van der Waals surface area (Å²) in [6.07, 6.45) is 0.523. The highest BCUT2D eigenvalue weighted by Crippen LogP contribution is 2.33. The molecule has 1 saturated heterocycles. The lowest BCUT2D eigenvalue weighted by molar-refractivity contribution is 0.130. The van der Waals surface area contributed by atoms with Crippen LogP contribution in [0.3, 0.4) is 0 Å². The van der Waals surface area contributed by atoms with Gasteiger partial charge in [-0.25, -0.2) is 0 Å². The number of β-amino-alcohol motifs (C(OH)–C–C–N with tert-alkyl or cyclic N) is 1. The van der Waals surface area contributed by atoms with Gasteiger partial charge >= 0.3 is 0 Å². The molecule has 0 aromatic heterocycles. The maximum Gasteiger partial charge on any atom is 0.119 e. The predicted molar refractivity (Wildman–Crippen MR) is 69.8 cm³/mol. The number of aliphatic hydroxyl groups excluding tert-OH is 1. The van der Waals surface area contributed by atoms with Crippen molar-refractivity contribution in [1.82, 2.24) is 4.90 Å². The topological polar surface area (TPSA) is 41.9 Å². The third-order valence-electron chi connectivity index (χ3n) is 3.44. The van der Waals surface area contributed by atoms with Gasteiger partial charge in [-0.3, -0.25) is 4.90 Å². The molecule has 1 heterocycles. The predicted octanol–water partition coefficient (Wildman–Crippen LogP) is 1.45. The van der Waals surface area contributed by atoms with Gasteiger partial charge in [0.15, 0.2) is 0 Å². The molecule has 1 aromatic carbocycles. The lowest BCUT2D eigenvalue weighted by atomic mass is 10.0. The first kappa shape index (κ1) is 13.3. The molecule has 1 fully saturated rings. The summed E-state index contributed by atoms with van der Waals surface area (Å²) >= 11 is 0. The number of methoxy groups -OCH3 is 2. The number of hydrogen-bond donors (Lipinski definition) is 1. The first-order valence-corrected chi connectivity index (χ1v) is 6.29. The van der Waals surface area contributed by atoms with Crippen molar-refractivity contribution < 1.29 is 14.6 Å². The zero-order chi connectivity index (χ0) is 13.0. The molecular weight excluding hydrogens is 230 g/mol. The number of ether oxygens (including phenoxy) is 2. The van der Waals surface area contributed by atoms with Crippen molar-refractivity contribution in [3.05, 3.63) is 29.8 Å². The fourth-order valence-corrected chi connectivity index (χ4v) is 2.53. The van der Waals surface area contributed by atoms with Gasteiger partial charge in [-0.2, -0.15) is 0 Å². The molecule has 0 radical (unpaired) electrons. The minimum absolute atomic E-state index is 0.252. The molecule has 0 saturated carbocycles. The van der Waals surface area contributed by atoms with Gasteiger partial charge in [0.05, 0.1) is 19.8 Å². The Labute approximate surface area is 108 Å². The molecule has 1 aromatic rings. The molecule has 4 heteroatoms. The third kappa shape index (κ3) is 3.02. The van der Waals surface area contributed by atoms with Crippen LogP contribution in [0.5, 0.6) is 5.75 Å². The zero-order valence-corrected chi connectivity index (χ0v) is 11.0. The highest BCUT2D eigenvalue weighted by atomic mass is 16.5. The number of aliphatic hydroxyl groups is 1. The van der Waals surface area contributed by atoms with E-state index in [1.165, 1.54) is 5.56 Å². The highest BCUT2D eigenvalue weighted by molar-refractivity contribution is 5.31. The Balaban J connectivity index is 2.13. The number of benzene rings is 1. The molecule has 0 aliphatic carbocycles. The number of likely N-dealkylation sites (tertiary alicyclic amines) is 1. The largest absolute Gasteiger partial charge is 0.497 e. The second kappa shape index (κ2) is 6.18. The van der Waals surface area contributed by atoms with Crippen molar-refractivity contribution in [2.24, 2.45) is 0 Å². The van der Waals surface area contributed by atoms with Gasteiger partial charge in [0.25, 0.3) is 0 Å². The van der Waals surface area contributed by atoms with Crippen molar-refractivity contribution in [2.75, 3.05) is 33.9 Å². The van der Waals surface area contributed by atoms with Crippen LogP contribution in [0.4, 0.5) is 0 Å². The molecule has 0 unspecified atom stereocenters. The van der Waals surface area contributed by atoms with Gasteiger partial charge in [-0.1, -0.05) is 12.1 Å². The van der Waals surface area contributed by atoms with E-state index in [2.05, 4.69) is 11.0 Å². The van der Waals surface area contributed by atoms with Gasteiger partial charge in [0.1, 0.15) is 5.75 Å². The number of nitrogens with zero attached hydrogens (tertiary/aromatic N) is 1. The van der Waals surface area contributed by atoms with Gasteiger partial charge in [-0.05, 0) is 24.1 Å². The van der Waals surface area contributed by atoms with Crippen LogP contribution in [-0.4, -0.2) is 50.0 Å². The van der Waals surface area contributed by atoms with E-state index in [1.54, 1.807) is 14.2 Å². The smallest absolute Gasteiger partial charge is 0.119 e. The van der Waals surface area contributed by atoms with Crippen molar-refractivity contribution in [2.45, 2.75) is 18.6 Å². The van der Waals surface area contributed by atoms with E-state index >= 15 is 0 Å². The van der Waals surface area contributed by atoms with E-state index in [-0.39, 0.29) is 12.1 Å². The molecule has 100 valence electrons. The zero-order valence-electron chi connectivity index (χ0n) is 11.0. The van der Waals surface area contributed by atoms with E-state index in [9.17, 15) is 5.11 Å². The SMILES string of the molecule is COCCN1C[C@@H](O)C[C@H]1c1cccc(OC)c1. The van der Waals surface area contributed by atoms with Crippen LogP contribution in [0.25, 0.3) is 0 Å². The van der Waals surface area contributed by atoms with E-state index < -0.39 is 0 Å². The standard InChI is InChI=1S/C14H21NO3/c1-17-7-6-15-10-12(16)9-14(15)11-4-3-5-13(8-11)18-2/h3-5,8,12,14,16H,6-7,9-10H2,1-2H3/t12-,14-/m0/s1. The van der Waals surface area contributed by atoms with Crippen molar-refractivity contribution in [3.63, 3.8) is 0 Å². The summed E-state index contributed by atoms with van der Waals surface area (Å²) in [5.41, 5.74) is 1.20. The molecule has 0 spiro atoms. The Morgan fingerprint density at radius 1 is 1.39 bits per heavy atom. The molecule has 0 bridgehead atoms. The molecule has 18 heavy (non-hydrogen) atoms. The summed E-state index contributed by atoms with van der Waals surface area (Å²) in [7, 11) is 3.37. The summed E-state index contributed by atoms with van der Waals surface area (Å²) in [5.74, 6) is 0.862. The summed E-state index contributed by atoms with van der Waals surface area (Å²) in [4.78, 5) is 2.27. The van der Waals surface area contributed by atoms with Gasteiger partial charge < -0.3 is 14.6 Å². The first-order chi connectivity index (χ1) is 8.74. The second-order valence-corrected chi connectivity index (χ2v) is 4.67.